The van der Waals surface area contributed by atoms with Crippen molar-refractivity contribution in [1.29, 1.82) is 0 Å². The first-order valence-corrected chi connectivity index (χ1v) is 7.10. The largest absolute Gasteiger partial charge is 0.472 e. The second kappa shape index (κ2) is 5.63. The number of nitrogens with one attached hydrogen (secondary N) is 1. The van der Waals surface area contributed by atoms with E-state index in [2.05, 4.69) is 15.4 Å². The van der Waals surface area contributed by atoms with Crippen molar-refractivity contribution < 1.29 is 9.13 Å². The fourth-order valence-corrected chi connectivity index (χ4v) is 2.82. The van der Waals surface area contributed by atoms with Crippen LogP contribution < -0.4 is 16.0 Å². The van der Waals surface area contributed by atoms with Gasteiger partial charge >= 0.3 is 0 Å². The van der Waals surface area contributed by atoms with Crippen LogP contribution in [0.4, 0.5) is 10.3 Å². The van der Waals surface area contributed by atoms with Gasteiger partial charge in [-0.3, -0.25) is 5.43 Å². The molecule has 2 aromatic heterocycles. The zero-order chi connectivity index (χ0) is 14.8. The average Bonchev–Trinajstić information content (AvgIpc) is 2.86. The van der Waals surface area contributed by atoms with Gasteiger partial charge in [0.15, 0.2) is 0 Å². The first kappa shape index (κ1) is 13.7. The van der Waals surface area contributed by atoms with Gasteiger partial charge in [0.2, 0.25) is 11.8 Å². The molecule has 0 saturated carbocycles. The lowest BCUT2D eigenvalue weighted by Gasteiger charge is -2.08. The highest BCUT2D eigenvalue weighted by molar-refractivity contribution is 7.18. The lowest BCUT2D eigenvalue weighted by Crippen LogP contribution is -2.11. The van der Waals surface area contributed by atoms with Crippen LogP contribution in [-0.2, 0) is 6.61 Å². The number of hydrazine groups is 1. The Morgan fingerprint density at radius 3 is 2.90 bits per heavy atom. The van der Waals surface area contributed by atoms with Crippen LogP contribution >= 0.6 is 11.3 Å². The number of fused-ring (bicyclic) bond motifs is 1. The predicted octanol–water partition coefficient (Wildman–Crippen LogP) is 3.00. The van der Waals surface area contributed by atoms with Crippen LogP contribution in [0.1, 0.15) is 10.4 Å². The van der Waals surface area contributed by atoms with Crippen molar-refractivity contribution in [3.05, 3.63) is 46.6 Å². The number of halogens is 1. The first-order chi connectivity index (χ1) is 10.2. The minimum atomic E-state index is -0.304. The van der Waals surface area contributed by atoms with Gasteiger partial charge in [0.05, 0.1) is 5.39 Å². The number of aryl methyl sites for hydroxylation is 1. The van der Waals surface area contributed by atoms with E-state index in [1.165, 1.54) is 17.4 Å². The van der Waals surface area contributed by atoms with E-state index in [9.17, 15) is 4.39 Å². The van der Waals surface area contributed by atoms with E-state index in [1.807, 2.05) is 13.0 Å². The third-order valence-corrected chi connectivity index (χ3v) is 3.88. The van der Waals surface area contributed by atoms with Gasteiger partial charge in [-0.15, -0.1) is 11.3 Å². The van der Waals surface area contributed by atoms with Gasteiger partial charge in [0, 0.05) is 10.4 Å². The van der Waals surface area contributed by atoms with Gasteiger partial charge in [0.1, 0.15) is 17.3 Å². The third-order valence-electron chi connectivity index (χ3n) is 2.93. The van der Waals surface area contributed by atoms with Crippen molar-refractivity contribution in [3.63, 3.8) is 0 Å². The summed E-state index contributed by atoms with van der Waals surface area (Å²) in [6.07, 6.45) is 0. The van der Waals surface area contributed by atoms with E-state index in [1.54, 1.807) is 18.2 Å². The van der Waals surface area contributed by atoms with Crippen LogP contribution in [0, 0.1) is 12.7 Å². The molecule has 0 aliphatic rings. The number of ether oxygens (including phenoxy) is 1. The maximum atomic E-state index is 13.6. The molecular weight excluding hydrogens is 291 g/mol. The summed E-state index contributed by atoms with van der Waals surface area (Å²) in [5.74, 6) is 5.72. The maximum absolute atomic E-state index is 13.6. The lowest BCUT2D eigenvalue weighted by atomic mass is 10.2. The molecule has 3 N–H and O–H groups in total. The molecule has 0 bridgehead atoms. The van der Waals surface area contributed by atoms with Crippen molar-refractivity contribution in [2.45, 2.75) is 13.5 Å². The number of thiophene rings is 1. The monoisotopic (exact) mass is 304 g/mol. The molecule has 0 amide bonds. The molecule has 0 spiro atoms. The summed E-state index contributed by atoms with van der Waals surface area (Å²) in [7, 11) is 0. The number of rotatable bonds is 4. The van der Waals surface area contributed by atoms with Gasteiger partial charge in [-0.25, -0.2) is 15.2 Å². The number of hydrogen-bond acceptors (Lipinski definition) is 6. The Kier molecular flexibility index (Phi) is 3.68. The van der Waals surface area contributed by atoms with E-state index < -0.39 is 0 Å². The minimum Gasteiger partial charge on any atom is -0.472 e. The number of nitrogens with two attached hydrogens (primary N) is 1. The van der Waals surface area contributed by atoms with E-state index in [4.69, 9.17) is 10.6 Å². The number of benzene rings is 1. The highest BCUT2D eigenvalue weighted by Crippen LogP contribution is 2.31. The second-order valence-electron chi connectivity index (χ2n) is 4.45. The van der Waals surface area contributed by atoms with E-state index in [0.29, 0.717) is 11.4 Å². The topological polar surface area (TPSA) is 73.1 Å². The molecule has 5 nitrogen and oxygen atoms in total. The molecule has 0 saturated heterocycles. The molecule has 0 aliphatic carbocycles. The van der Waals surface area contributed by atoms with Gasteiger partial charge < -0.3 is 4.74 Å². The number of hydrogen-bond donors (Lipinski definition) is 2. The Morgan fingerprint density at radius 2 is 2.14 bits per heavy atom. The summed E-state index contributed by atoms with van der Waals surface area (Å²) < 4.78 is 19.3. The molecule has 0 unspecified atom stereocenters. The van der Waals surface area contributed by atoms with E-state index >= 15 is 0 Å². The van der Waals surface area contributed by atoms with E-state index in [-0.39, 0.29) is 18.4 Å². The Balaban J connectivity index is 1.94. The number of aromatic nitrogens is 2. The molecule has 3 rings (SSSR count). The fourth-order valence-electron chi connectivity index (χ4n) is 1.95. The normalized spacial score (nSPS) is 10.8. The van der Waals surface area contributed by atoms with Crippen LogP contribution in [0.15, 0.2) is 30.3 Å². The van der Waals surface area contributed by atoms with Crippen molar-refractivity contribution in [2.75, 3.05) is 5.43 Å². The molecule has 0 radical (unpaired) electrons. The Bertz CT molecular complexity index is 790. The molecule has 108 valence electrons. The summed E-state index contributed by atoms with van der Waals surface area (Å²) in [5, 5.41) is 0.799. The molecule has 3 aromatic rings. The van der Waals surface area contributed by atoms with Crippen LogP contribution in [0.25, 0.3) is 10.2 Å². The van der Waals surface area contributed by atoms with Crippen molar-refractivity contribution >= 4 is 27.5 Å². The molecule has 1 aromatic carbocycles. The molecule has 0 aliphatic heterocycles. The quantitative estimate of drug-likeness (QED) is 0.572. The van der Waals surface area contributed by atoms with Gasteiger partial charge in [-0.1, -0.05) is 18.2 Å². The molecule has 7 heteroatoms. The zero-order valence-electron chi connectivity index (χ0n) is 11.3. The van der Waals surface area contributed by atoms with Gasteiger partial charge in [-0.2, -0.15) is 4.98 Å². The summed E-state index contributed by atoms with van der Waals surface area (Å²) in [5.41, 5.74) is 2.88. The standard InChI is InChI=1S/C14H13FN4OS/c1-8-6-10-12(17-14(19-16)18-13(10)21-8)20-7-9-4-2-3-5-11(9)15/h2-6H,7,16H2,1H3,(H,17,18,19). The summed E-state index contributed by atoms with van der Waals surface area (Å²) in [6, 6.07) is 8.42. The lowest BCUT2D eigenvalue weighted by molar-refractivity contribution is 0.292. The smallest absolute Gasteiger partial charge is 0.241 e. The maximum Gasteiger partial charge on any atom is 0.241 e. The zero-order valence-corrected chi connectivity index (χ0v) is 12.1. The Labute approximate surface area is 124 Å². The molecule has 0 atom stereocenters. The number of nitrogen functional groups attached to an aromatic ring is 1. The van der Waals surface area contributed by atoms with Gasteiger partial charge in [-0.05, 0) is 19.1 Å². The minimum absolute atomic E-state index is 0.0949. The Morgan fingerprint density at radius 1 is 1.33 bits per heavy atom. The SMILES string of the molecule is Cc1cc2c(OCc3ccccc3F)nc(NN)nc2s1. The van der Waals surface area contributed by atoms with Crippen molar-refractivity contribution in [1.82, 2.24) is 9.97 Å². The van der Waals surface area contributed by atoms with Crippen molar-refractivity contribution in [2.24, 2.45) is 5.84 Å². The highest BCUT2D eigenvalue weighted by atomic mass is 32.1. The average molecular weight is 304 g/mol. The molecule has 2 heterocycles. The highest BCUT2D eigenvalue weighted by Gasteiger charge is 2.12. The second-order valence-corrected chi connectivity index (χ2v) is 5.69. The van der Waals surface area contributed by atoms with Crippen LogP contribution in [0.5, 0.6) is 5.88 Å². The summed E-state index contributed by atoms with van der Waals surface area (Å²) in [6.45, 7) is 2.07. The first-order valence-electron chi connectivity index (χ1n) is 6.28. The van der Waals surface area contributed by atoms with Crippen molar-refractivity contribution in [3.8, 4) is 5.88 Å². The van der Waals surface area contributed by atoms with Crippen LogP contribution in [-0.4, -0.2) is 9.97 Å². The third kappa shape index (κ3) is 2.79. The Hall–Kier alpha value is -2.25. The molecule has 0 fully saturated rings. The summed E-state index contributed by atoms with van der Waals surface area (Å²) in [4.78, 5) is 10.3. The molecule has 21 heavy (non-hydrogen) atoms. The van der Waals surface area contributed by atoms with E-state index in [0.717, 1.165) is 15.1 Å². The van der Waals surface area contributed by atoms with Crippen LogP contribution in [0.3, 0.4) is 0 Å². The summed E-state index contributed by atoms with van der Waals surface area (Å²) >= 11 is 1.52. The van der Waals surface area contributed by atoms with Gasteiger partial charge in [0.25, 0.3) is 0 Å². The predicted molar refractivity (Wildman–Crippen MR) is 80.7 cm³/mol. The van der Waals surface area contributed by atoms with Crippen LogP contribution in [0.2, 0.25) is 0 Å². The fraction of sp³-hybridized carbons (Fsp3) is 0.143. The molecular formula is C14H13FN4OS. The number of nitrogens with zero attached hydrogens (tertiary/aromatic N) is 2. The number of anilines is 1.